The number of halogens is 1. The van der Waals surface area contributed by atoms with Crippen LogP contribution >= 0.6 is 11.6 Å². The fourth-order valence-electron chi connectivity index (χ4n) is 1.17. The van der Waals surface area contributed by atoms with Crippen LogP contribution in [0.1, 0.15) is 12.5 Å². The van der Waals surface area contributed by atoms with Crippen molar-refractivity contribution >= 4 is 17.3 Å². The van der Waals surface area contributed by atoms with Gasteiger partial charge in [0.1, 0.15) is 0 Å². The van der Waals surface area contributed by atoms with E-state index in [9.17, 15) is 0 Å². The van der Waals surface area contributed by atoms with Crippen molar-refractivity contribution in [1.29, 1.82) is 0 Å². The minimum atomic E-state index is 0.652. The van der Waals surface area contributed by atoms with Crippen LogP contribution in [0.5, 0.6) is 0 Å². The highest BCUT2D eigenvalue weighted by atomic mass is 35.5. The standard InChI is InChI=1S/C9H13ClN4/c1-3-14(13-12-11)9-5-4-7(2)6-8(9)10/h4-6H,3H2,1-2H3,(H2,11,13). The number of hydrogen-bond acceptors (Lipinski definition) is 2. The van der Waals surface area contributed by atoms with Crippen molar-refractivity contribution in [1.82, 2.24) is 0 Å². The first-order valence-electron chi connectivity index (χ1n) is 4.33. The van der Waals surface area contributed by atoms with Gasteiger partial charge in [0, 0.05) is 6.54 Å². The monoisotopic (exact) mass is 212 g/mol. The minimum absolute atomic E-state index is 0.652. The van der Waals surface area contributed by atoms with Crippen LogP contribution in [-0.4, -0.2) is 6.54 Å². The van der Waals surface area contributed by atoms with Gasteiger partial charge in [-0.3, -0.25) is 0 Å². The van der Waals surface area contributed by atoms with Crippen LogP contribution in [0.25, 0.3) is 0 Å². The van der Waals surface area contributed by atoms with Gasteiger partial charge in [-0.1, -0.05) is 22.9 Å². The molecule has 0 saturated heterocycles. The van der Waals surface area contributed by atoms with E-state index >= 15 is 0 Å². The molecule has 1 rings (SSSR count). The third-order valence-corrected chi connectivity index (χ3v) is 2.14. The minimum Gasteiger partial charge on any atom is -0.303 e. The molecule has 0 aromatic heterocycles. The summed E-state index contributed by atoms with van der Waals surface area (Å²) in [6, 6.07) is 5.75. The van der Waals surface area contributed by atoms with Crippen LogP contribution in [0.3, 0.4) is 0 Å². The molecule has 0 saturated carbocycles. The summed E-state index contributed by atoms with van der Waals surface area (Å²) in [5.41, 5.74) is 1.92. The number of aryl methyl sites for hydroxylation is 1. The molecule has 0 fully saturated rings. The Morgan fingerprint density at radius 1 is 1.50 bits per heavy atom. The second-order valence-corrected chi connectivity index (χ2v) is 3.28. The van der Waals surface area contributed by atoms with Gasteiger partial charge in [0.15, 0.2) is 0 Å². The van der Waals surface area contributed by atoms with E-state index in [0.717, 1.165) is 11.3 Å². The van der Waals surface area contributed by atoms with Gasteiger partial charge in [-0.2, -0.15) is 0 Å². The summed E-state index contributed by atoms with van der Waals surface area (Å²) in [5.74, 6) is 5.00. The van der Waals surface area contributed by atoms with E-state index in [1.807, 2.05) is 32.0 Å². The highest BCUT2D eigenvalue weighted by Gasteiger charge is 2.07. The van der Waals surface area contributed by atoms with Crippen molar-refractivity contribution < 1.29 is 0 Å². The number of benzene rings is 1. The molecule has 2 N–H and O–H groups in total. The van der Waals surface area contributed by atoms with E-state index in [1.165, 1.54) is 0 Å². The summed E-state index contributed by atoms with van der Waals surface area (Å²) < 4.78 is 0. The topological polar surface area (TPSA) is 54.0 Å². The third-order valence-electron chi connectivity index (χ3n) is 1.84. The molecule has 5 heteroatoms. The molecule has 0 spiro atoms. The predicted molar refractivity (Wildman–Crippen MR) is 58.3 cm³/mol. The normalized spacial score (nSPS) is 10.8. The van der Waals surface area contributed by atoms with Crippen LogP contribution in [0.2, 0.25) is 5.02 Å². The maximum Gasteiger partial charge on any atom is 0.0797 e. The van der Waals surface area contributed by atoms with E-state index in [0.29, 0.717) is 11.6 Å². The highest BCUT2D eigenvalue weighted by molar-refractivity contribution is 6.33. The first kappa shape index (κ1) is 10.8. The number of hydrogen-bond donors (Lipinski definition) is 1. The summed E-state index contributed by atoms with van der Waals surface area (Å²) in [5, 5.41) is 9.29. The van der Waals surface area contributed by atoms with Crippen LogP contribution in [0.4, 0.5) is 5.69 Å². The zero-order valence-electron chi connectivity index (χ0n) is 8.24. The molecular formula is C9H13ClN4. The van der Waals surface area contributed by atoms with Gasteiger partial charge in [-0.05, 0) is 36.8 Å². The molecule has 0 atom stereocenters. The van der Waals surface area contributed by atoms with Gasteiger partial charge >= 0.3 is 0 Å². The molecule has 0 amide bonds. The second-order valence-electron chi connectivity index (χ2n) is 2.88. The Balaban J connectivity index is 3.04. The summed E-state index contributed by atoms with van der Waals surface area (Å²) in [6.07, 6.45) is 0. The van der Waals surface area contributed by atoms with Crippen molar-refractivity contribution in [2.24, 2.45) is 16.3 Å². The predicted octanol–water partition coefficient (Wildman–Crippen LogP) is 2.72. The number of nitrogens with zero attached hydrogens (tertiary/aromatic N) is 3. The maximum absolute atomic E-state index is 6.05. The van der Waals surface area contributed by atoms with E-state index in [2.05, 4.69) is 10.4 Å². The maximum atomic E-state index is 6.05. The lowest BCUT2D eigenvalue weighted by molar-refractivity contribution is 0.801. The van der Waals surface area contributed by atoms with Gasteiger partial charge in [-0.15, -0.1) is 0 Å². The highest BCUT2D eigenvalue weighted by Crippen LogP contribution is 2.26. The smallest absolute Gasteiger partial charge is 0.0797 e. The summed E-state index contributed by atoms with van der Waals surface area (Å²) in [6.45, 7) is 4.60. The Bertz CT molecular complexity index is 338. The zero-order chi connectivity index (χ0) is 10.6. The molecule has 0 bridgehead atoms. The van der Waals surface area contributed by atoms with Crippen LogP contribution in [0, 0.1) is 6.92 Å². The average molecular weight is 213 g/mol. The summed E-state index contributed by atoms with van der Waals surface area (Å²) in [7, 11) is 0. The Labute approximate surface area is 88.3 Å². The van der Waals surface area contributed by atoms with E-state index < -0.39 is 0 Å². The molecule has 0 unspecified atom stereocenters. The van der Waals surface area contributed by atoms with Gasteiger partial charge < -0.3 is 5.84 Å². The molecule has 0 heterocycles. The fraction of sp³-hybridized carbons (Fsp3) is 0.333. The van der Waals surface area contributed by atoms with Gasteiger partial charge in [0.25, 0.3) is 0 Å². The fourth-order valence-corrected chi connectivity index (χ4v) is 1.50. The van der Waals surface area contributed by atoms with Gasteiger partial charge in [0.2, 0.25) is 0 Å². The second kappa shape index (κ2) is 4.81. The van der Waals surface area contributed by atoms with Crippen molar-refractivity contribution in [2.75, 3.05) is 11.6 Å². The van der Waals surface area contributed by atoms with Gasteiger partial charge in [0.05, 0.1) is 10.7 Å². The summed E-state index contributed by atoms with van der Waals surface area (Å²) >= 11 is 6.05. The molecule has 14 heavy (non-hydrogen) atoms. The molecule has 1 aromatic rings. The Kier molecular flexibility index (Phi) is 3.71. The van der Waals surface area contributed by atoms with Crippen molar-refractivity contribution in [2.45, 2.75) is 13.8 Å². The van der Waals surface area contributed by atoms with Crippen LogP contribution in [-0.2, 0) is 0 Å². The lowest BCUT2D eigenvalue weighted by Gasteiger charge is -2.16. The molecule has 4 nitrogen and oxygen atoms in total. The molecule has 0 aliphatic rings. The number of nitrogens with two attached hydrogens (primary N) is 1. The summed E-state index contributed by atoms with van der Waals surface area (Å²) in [4.78, 5) is 0. The molecular weight excluding hydrogens is 200 g/mol. The first-order valence-corrected chi connectivity index (χ1v) is 4.71. The SMILES string of the molecule is CCN(/N=N\N)c1ccc(C)cc1Cl. The Morgan fingerprint density at radius 3 is 2.71 bits per heavy atom. The molecule has 0 aliphatic carbocycles. The lowest BCUT2D eigenvalue weighted by atomic mass is 10.2. The number of anilines is 1. The first-order chi connectivity index (χ1) is 6.69. The zero-order valence-corrected chi connectivity index (χ0v) is 8.99. The van der Waals surface area contributed by atoms with Crippen molar-refractivity contribution in [3.8, 4) is 0 Å². The van der Waals surface area contributed by atoms with Crippen LogP contribution in [0.15, 0.2) is 28.6 Å². The Hall–Kier alpha value is -1.29. The number of rotatable bonds is 3. The van der Waals surface area contributed by atoms with E-state index in [4.69, 9.17) is 17.4 Å². The van der Waals surface area contributed by atoms with Crippen LogP contribution < -0.4 is 10.9 Å². The van der Waals surface area contributed by atoms with E-state index in [-0.39, 0.29) is 0 Å². The van der Waals surface area contributed by atoms with Crippen molar-refractivity contribution in [3.05, 3.63) is 28.8 Å². The molecule has 76 valence electrons. The van der Waals surface area contributed by atoms with Crippen molar-refractivity contribution in [3.63, 3.8) is 0 Å². The largest absolute Gasteiger partial charge is 0.303 e. The third kappa shape index (κ3) is 2.35. The quantitative estimate of drug-likeness (QED) is 0.476. The Morgan fingerprint density at radius 2 is 2.21 bits per heavy atom. The average Bonchev–Trinajstić information content (AvgIpc) is 2.15. The molecule has 0 radical (unpaired) electrons. The molecule has 0 aliphatic heterocycles. The van der Waals surface area contributed by atoms with Gasteiger partial charge in [-0.25, -0.2) is 5.01 Å². The lowest BCUT2D eigenvalue weighted by Crippen LogP contribution is -2.15. The molecule has 1 aromatic carbocycles. The van der Waals surface area contributed by atoms with E-state index in [1.54, 1.807) is 5.01 Å².